The maximum atomic E-state index is 4.72. The van der Waals surface area contributed by atoms with Gasteiger partial charge in [0, 0.05) is 11.6 Å². The van der Waals surface area contributed by atoms with E-state index in [1.165, 1.54) is 17.0 Å². The van der Waals surface area contributed by atoms with Gasteiger partial charge in [0.05, 0.1) is 11.4 Å². The molecule has 2 heterocycles. The first kappa shape index (κ1) is 11.2. The van der Waals surface area contributed by atoms with Gasteiger partial charge in [0.15, 0.2) is 0 Å². The molecule has 16 heavy (non-hydrogen) atoms. The van der Waals surface area contributed by atoms with Gasteiger partial charge in [-0.2, -0.15) is 0 Å². The number of aromatic nitrogens is 2. The number of hydrogen-bond donors (Lipinski definition) is 0. The van der Waals surface area contributed by atoms with Crippen LogP contribution in [0.2, 0.25) is 0 Å². The number of imidazole rings is 1. The van der Waals surface area contributed by atoms with Crippen LogP contribution in [0.25, 0.3) is 5.65 Å². The summed E-state index contributed by atoms with van der Waals surface area (Å²) in [6.45, 7) is 11.0. The third kappa shape index (κ3) is 1.73. The Hall–Kier alpha value is -1.31. The minimum Gasteiger partial charge on any atom is -0.303 e. The van der Waals surface area contributed by atoms with Crippen molar-refractivity contribution in [1.29, 1.82) is 0 Å². The molecule has 0 saturated carbocycles. The Morgan fingerprint density at radius 1 is 1.31 bits per heavy atom. The van der Waals surface area contributed by atoms with Crippen molar-refractivity contribution < 1.29 is 0 Å². The normalized spacial score (nSPS) is 12.3. The van der Waals surface area contributed by atoms with Crippen molar-refractivity contribution in [3.63, 3.8) is 0 Å². The summed E-state index contributed by atoms with van der Waals surface area (Å²) >= 11 is 0. The molecular formula is C14H20N2. The number of pyridine rings is 1. The van der Waals surface area contributed by atoms with Gasteiger partial charge in [0.1, 0.15) is 5.65 Å². The van der Waals surface area contributed by atoms with Crippen LogP contribution in [-0.4, -0.2) is 9.38 Å². The first-order valence-electron chi connectivity index (χ1n) is 5.91. The second kappa shape index (κ2) is 3.62. The fourth-order valence-corrected chi connectivity index (χ4v) is 2.24. The molecule has 2 aromatic heterocycles. The summed E-state index contributed by atoms with van der Waals surface area (Å²) in [6, 6.07) is 4.29. The van der Waals surface area contributed by atoms with Crippen molar-refractivity contribution in [2.24, 2.45) is 0 Å². The van der Waals surface area contributed by atoms with E-state index < -0.39 is 0 Å². The van der Waals surface area contributed by atoms with Gasteiger partial charge in [-0.1, -0.05) is 27.7 Å². The summed E-state index contributed by atoms with van der Waals surface area (Å²) in [5.41, 5.74) is 5.03. The largest absolute Gasteiger partial charge is 0.303 e. The van der Waals surface area contributed by atoms with Crippen LogP contribution < -0.4 is 0 Å². The highest BCUT2D eigenvalue weighted by atomic mass is 15.0. The molecule has 0 radical (unpaired) electrons. The predicted molar refractivity (Wildman–Crippen MR) is 68.0 cm³/mol. The standard InChI is InChI=1S/C14H20N2/c1-6-11-13(14(3,4)5)16-8-7-10(2)9-12(16)15-11/h7-9H,6H2,1-5H3. The van der Waals surface area contributed by atoms with Gasteiger partial charge in [0.2, 0.25) is 0 Å². The molecule has 86 valence electrons. The Morgan fingerprint density at radius 3 is 2.56 bits per heavy atom. The summed E-state index contributed by atoms with van der Waals surface area (Å²) < 4.78 is 2.23. The molecule has 2 rings (SSSR count). The molecule has 0 atom stereocenters. The lowest BCUT2D eigenvalue weighted by Gasteiger charge is -2.19. The van der Waals surface area contributed by atoms with Gasteiger partial charge >= 0.3 is 0 Å². The zero-order valence-corrected chi connectivity index (χ0v) is 10.8. The molecule has 0 aliphatic rings. The molecule has 2 nitrogen and oxygen atoms in total. The topological polar surface area (TPSA) is 17.3 Å². The highest BCUT2D eigenvalue weighted by Crippen LogP contribution is 2.27. The second-order valence-corrected chi connectivity index (χ2v) is 5.44. The zero-order valence-electron chi connectivity index (χ0n) is 10.8. The van der Waals surface area contributed by atoms with Gasteiger partial charge in [-0.05, 0) is 31.0 Å². The zero-order chi connectivity index (χ0) is 11.9. The summed E-state index contributed by atoms with van der Waals surface area (Å²) in [5.74, 6) is 0. The van der Waals surface area contributed by atoms with Gasteiger partial charge in [0.25, 0.3) is 0 Å². The Morgan fingerprint density at radius 2 is 2.00 bits per heavy atom. The van der Waals surface area contributed by atoms with Crippen LogP contribution in [0.15, 0.2) is 18.3 Å². The van der Waals surface area contributed by atoms with Gasteiger partial charge in [-0.3, -0.25) is 0 Å². The molecule has 0 saturated heterocycles. The number of rotatable bonds is 1. The SMILES string of the molecule is CCc1nc2cc(C)ccn2c1C(C)(C)C. The molecule has 0 bridgehead atoms. The number of fused-ring (bicyclic) bond motifs is 1. The molecular weight excluding hydrogens is 196 g/mol. The lowest BCUT2D eigenvalue weighted by atomic mass is 9.90. The molecule has 0 spiro atoms. The third-order valence-electron chi connectivity index (χ3n) is 2.90. The van der Waals surface area contributed by atoms with Crippen LogP contribution in [0.4, 0.5) is 0 Å². The van der Waals surface area contributed by atoms with Crippen LogP contribution in [0.5, 0.6) is 0 Å². The van der Waals surface area contributed by atoms with E-state index in [1.807, 2.05) is 0 Å². The van der Waals surface area contributed by atoms with E-state index in [4.69, 9.17) is 4.98 Å². The fraction of sp³-hybridized carbons (Fsp3) is 0.500. The van der Waals surface area contributed by atoms with E-state index in [-0.39, 0.29) is 5.41 Å². The molecule has 0 aliphatic carbocycles. The smallest absolute Gasteiger partial charge is 0.137 e. The second-order valence-electron chi connectivity index (χ2n) is 5.44. The molecule has 0 aromatic carbocycles. The van der Waals surface area contributed by atoms with Crippen LogP contribution >= 0.6 is 0 Å². The summed E-state index contributed by atoms with van der Waals surface area (Å²) in [6.07, 6.45) is 3.13. The van der Waals surface area contributed by atoms with Crippen molar-refractivity contribution in [1.82, 2.24) is 9.38 Å². The van der Waals surface area contributed by atoms with Gasteiger partial charge in [-0.15, -0.1) is 0 Å². The quantitative estimate of drug-likeness (QED) is 0.713. The highest BCUT2D eigenvalue weighted by Gasteiger charge is 2.22. The number of hydrogen-bond acceptors (Lipinski definition) is 1. The van der Waals surface area contributed by atoms with Crippen molar-refractivity contribution >= 4 is 5.65 Å². The predicted octanol–water partition coefficient (Wildman–Crippen LogP) is 3.50. The minimum atomic E-state index is 0.139. The van der Waals surface area contributed by atoms with Crippen LogP contribution in [-0.2, 0) is 11.8 Å². The van der Waals surface area contributed by atoms with Crippen LogP contribution in [0, 0.1) is 6.92 Å². The maximum Gasteiger partial charge on any atom is 0.137 e. The van der Waals surface area contributed by atoms with Gasteiger partial charge in [-0.25, -0.2) is 4.98 Å². The molecule has 0 N–H and O–H groups in total. The molecule has 0 unspecified atom stereocenters. The monoisotopic (exact) mass is 216 g/mol. The first-order valence-corrected chi connectivity index (χ1v) is 5.91. The molecule has 0 amide bonds. The lowest BCUT2D eigenvalue weighted by Crippen LogP contribution is -2.16. The van der Waals surface area contributed by atoms with Gasteiger partial charge < -0.3 is 4.40 Å². The highest BCUT2D eigenvalue weighted by molar-refractivity contribution is 5.47. The summed E-state index contributed by atoms with van der Waals surface area (Å²) in [5, 5.41) is 0. The van der Waals surface area contributed by atoms with Crippen LogP contribution in [0.3, 0.4) is 0 Å². The summed E-state index contributed by atoms with van der Waals surface area (Å²) in [4.78, 5) is 4.72. The molecule has 2 heteroatoms. The Kier molecular flexibility index (Phi) is 2.53. The third-order valence-corrected chi connectivity index (χ3v) is 2.90. The molecule has 0 fully saturated rings. The van der Waals surface area contributed by atoms with E-state index in [1.54, 1.807) is 0 Å². The average molecular weight is 216 g/mol. The average Bonchev–Trinajstić information content (AvgIpc) is 2.54. The van der Waals surface area contributed by atoms with E-state index in [9.17, 15) is 0 Å². The van der Waals surface area contributed by atoms with Crippen molar-refractivity contribution in [3.8, 4) is 0 Å². The van der Waals surface area contributed by atoms with E-state index in [0.29, 0.717) is 0 Å². The Labute approximate surface area is 97.3 Å². The maximum absolute atomic E-state index is 4.72. The number of nitrogens with zero attached hydrogens (tertiary/aromatic N) is 2. The van der Waals surface area contributed by atoms with E-state index >= 15 is 0 Å². The number of aryl methyl sites for hydroxylation is 2. The molecule has 2 aromatic rings. The van der Waals surface area contributed by atoms with Crippen molar-refractivity contribution in [2.45, 2.75) is 46.5 Å². The van der Waals surface area contributed by atoms with Crippen molar-refractivity contribution in [2.75, 3.05) is 0 Å². The Bertz CT molecular complexity index is 515. The van der Waals surface area contributed by atoms with Crippen LogP contribution in [0.1, 0.15) is 44.6 Å². The van der Waals surface area contributed by atoms with Crippen molar-refractivity contribution in [3.05, 3.63) is 35.3 Å². The van der Waals surface area contributed by atoms with E-state index in [2.05, 4.69) is 57.3 Å². The first-order chi connectivity index (χ1) is 7.43. The lowest BCUT2D eigenvalue weighted by molar-refractivity contribution is 0.556. The molecule has 0 aliphatic heterocycles. The Balaban J connectivity index is 2.79. The fourth-order valence-electron chi connectivity index (χ4n) is 2.24. The summed E-state index contributed by atoms with van der Waals surface area (Å²) in [7, 11) is 0. The minimum absolute atomic E-state index is 0.139. The van der Waals surface area contributed by atoms with E-state index in [0.717, 1.165) is 12.1 Å².